The maximum atomic E-state index is 11.5. The van der Waals surface area contributed by atoms with E-state index in [-0.39, 0.29) is 31.5 Å². The van der Waals surface area contributed by atoms with Gasteiger partial charge in [-0.1, -0.05) is 0 Å². The fourth-order valence-electron chi connectivity index (χ4n) is 1.27. The topological polar surface area (TPSA) is 104 Å². The van der Waals surface area contributed by atoms with E-state index in [1.165, 1.54) is 23.8 Å². The molecule has 0 spiro atoms. The molecule has 1 rings (SSSR count). The van der Waals surface area contributed by atoms with Crippen LogP contribution in [0.2, 0.25) is 0 Å². The van der Waals surface area contributed by atoms with E-state index in [2.05, 4.69) is 10.3 Å². The number of amides is 1. The molecule has 0 radical (unpaired) electrons. The van der Waals surface area contributed by atoms with E-state index >= 15 is 0 Å². The van der Waals surface area contributed by atoms with Crippen molar-refractivity contribution in [2.24, 2.45) is 5.92 Å². The minimum Gasteiger partial charge on any atom is -0.396 e. The molecule has 0 atom stereocenters. The smallest absolute Gasteiger partial charge is 0.349 e. The highest BCUT2D eigenvalue weighted by atomic mass is 16.3. The summed E-state index contributed by atoms with van der Waals surface area (Å²) in [6, 6.07) is 1.48. The number of rotatable bonds is 5. The Morgan fingerprint density at radius 2 is 2.18 bits per heavy atom. The molecule has 1 aromatic rings. The molecule has 0 aliphatic heterocycles. The molecule has 94 valence electrons. The Morgan fingerprint density at radius 3 is 2.65 bits per heavy atom. The van der Waals surface area contributed by atoms with E-state index in [1.54, 1.807) is 0 Å². The van der Waals surface area contributed by atoms with Gasteiger partial charge < -0.3 is 15.5 Å². The lowest BCUT2D eigenvalue weighted by Gasteiger charge is -2.12. The Labute approximate surface area is 97.7 Å². The Balaban J connectivity index is 2.82. The van der Waals surface area contributed by atoms with Crippen LogP contribution in [0.4, 0.5) is 5.82 Å². The molecule has 1 amide bonds. The zero-order valence-corrected chi connectivity index (χ0v) is 9.46. The molecule has 1 heterocycles. The van der Waals surface area contributed by atoms with Crippen LogP contribution in [-0.4, -0.2) is 38.9 Å². The maximum absolute atomic E-state index is 11.5. The summed E-state index contributed by atoms with van der Waals surface area (Å²) in [5.41, 5.74) is -0.539. The average molecular weight is 241 g/mol. The Hall–Kier alpha value is -1.73. The molecular formula is C10H15N3O4. The van der Waals surface area contributed by atoms with Crippen molar-refractivity contribution in [3.05, 3.63) is 22.7 Å². The SMILES string of the molecule is CC(=O)Nc1ccn(CC(CO)CO)c(=O)n1. The van der Waals surface area contributed by atoms with Gasteiger partial charge >= 0.3 is 5.69 Å². The Morgan fingerprint density at radius 1 is 1.53 bits per heavy atom. The number of nitrogens with zero attached hydrogens (tertiary/aromatic N) is 2. The molecule has 0 aromatic carbocycles. The van der Waals surface area contributed by atoms with E-state index in [1.807, 2.05) is 0 Å². The molecule has 0 bridgehead atoms. The van der Waals surface area contributed by atoms with E-state index in [4.69, 9.17) is 10.2 Å². The van der Waals surface area contributed by atoms with Crippen molar-refractivity contribution in [3.63, 3.8) is 0 Å². The highest BCUT2D eigenvalue weighted by molar-refractivity contribution is 5.87. The monoisotopic (exact) mass is 241 g/mol. The summed E-state index contributed by atoms with van der Waals surface area (Å²) in [7, 11) is 0. The van der Waals surface area contributed by atoms with E-state index in [0.29, 0.717) is 0 Å². The van der Waals surface area contributed by atoms with Crippen LogP contribution in [0.3, 0.4) is 0 Å². The molecule has 17 heavy (non-hydrogen) atoms. The highest BCUT2D eigenvalue weighted by Crippen LogP contribution is 2.00. The van der Waals surface area contributed by atoms with Crippen molar-refractivity contribution in [3.8, 4) is 0 Å². The van der Waals surface area contributed by atoms with Gasteiger partial charge in [-0.25, -0.2) is 4.79 Å². The maximum Gasteiger partial charge on any atom is 0.349 e. The summed E-state index contributed by atoms with van der Waals surface area (Å²) in [5.74, 6) is -0.525. The van der Waals surface area contributed by atoms with Crippen molar-refractivity contribution in [2.45, 2.75) is 13.5 Å². The first-order chi connectivity index (χ1) is 8.06. The van der Waals surface area contributed by atoms with Crippen LogP contribution in [0.25, 0.3) is 0 Å². The first-order valence-electron chi connectivity index (χ1n) is 5.13. The average Bonchev–Trinajstić information content (AvgIpc) is 2.27. The minimum absolute atomic E-state index is 0.180. The standard InChI is InChI=1S/C10H15N3O4/c1-7(16)11-9-2-3-13(10(17)12-9)4-8(5-14)6-15/h2-3,8,14-15H,4-6H2,1H3,(H,11,12,16,17). The molecule has 7 heteroatoms. The normalized spacial score (nSPS) is 10.6. The molecular weight excluding hydrogens is 226 g/mol. The third-order valence-corrected chi connectivity index (χ3v) is 2.15. The van der Waals surface area contributed by atoms with Crippen LogP contribution in [0.15, 0.2) is 17.1 Å². The largest absolute Gasteiger partial charge is 0.396 e. The number of nitrogens with one attached hydrogen (secondary N) is 1. The van der Waals surface area contributed by atoms with Crippen LogP contribution in [0.5, 0.6) is 0 Å². The predicted molar refractivity (Wildman–Crippen MR) is 60.5 cm³/mol. The van der Waals surface area contributed by atoms with Gasteiger partial charge in [-0.2, -0.15) is 4.98 Å². The van der Waals surface area contributed by atoms with Crippen LogP contribution < -0.4 is 11.0 Å². The van der Waals surface area contributed by atoms with Gasteiger partial charge in [-0.15, -0.1) is 0 Å². The molecule has 3 N–H and O–H groups in total. The van der Waals surface area contributed by atoms with Crippen molar-refractivity contribution in [2.75, 3.05) is 18.5 Å². The number of hydrogen-bond acceptors (Lipinski definition) is 5. The van der Waals surface area contributed by atoms with Crippen molar-refractivity contribution in [1.29, 1.82) is 0 Å². The zero-order chi connectivity index (χ0) is 12.8. The van der Waals surface area contributed by atoms with Crippen molar-refractivity contribution >= 4 is 11.7 Å². The summed E-state index contributed by atoms with van der Waals surface area (Å²) < 4.78 is 1.27. The molecule has 0 saturated heterocycles. The molecule has 0 unspecified atom stereocenters. The third-order valence-electron chi connectivity index (χ3n) is 2.15. The number of carbonyl (C=O) groups is 1. The fraction of sp³-hybridized carbons (Fsp3) is 0.500. The zero-order valence-electron chi connectivity index (χ0n) is 9.46. The quantitative estimate of drug-likeness (QED) is 0.600. The lowest BCUT2D eigenvalue weighted by atomic mass is 10.2. The molecule has 0 saturated carbocycles. The van der Waals surface area contributed by atoms with Gasteiger partial charge in [0.15, 0.2) is 0 Å². The van der Waals surface area contributed by atoms with Gasteiger partial charge in [0.25, 0.3) is 0 Å². The van der Waals surface area contributed by atoms with Crippen LogP contribution in [0, 0.1) is 5.92 Å². The first kappa shape index (κ1) is 13.3. The molecule has 0 aliphatic rings. The summed E-state index contributed by atoms with van der Waals surface area (Å²) in [6.07, 6.45) is 1.46. The molecule has 0 fully saturated rings. The van der Waals surface area contributed by atoms with Gasteiger partial charge in [-0.05, 0) is 6.07 Å². The number of aliphatic hydroxyl groups is 2. The second kappa shape index (κ2) is 6.12. The minimum atomic E-state index is -0.539. The van der Waals surface area contributed by atoms with Gasteiger partial charge in [0.05, 0.1) is 0 Å². The summed E-state index contributed by atoms with van der Waals surface area (Å²) >= 11 is 0. The van der Waals surface area contributed by atoms with Gasteiger partial charge in [0.2, 0.25) is 5.91 Å². The number of anilines is 1. The molecule has 7 nitrogen and oxygen atoms in total. The van der Waals surface area contributed by atoms with Crippen molar-refractivity contribution in [1.82, 2.24) is 9.55 Å². The van der Waals surface area contributed by atoms with E-state index in [9.17, 15) is 9.59 Å². The van der Waals surface area contributed by atoms with Crippen molar-refractivity contribution < 1.29 is 15.0 Å². The second-order valence-electron chi connectivity index (χ2n) is 3.66. The highest BCUT2D eigenvalue weighted by Gasteiger charge is 2.09. The van der Waals surface area contributed by atoms with Crippen LogP contribution in [-0.2, 0) is 11.3 Å². The van der Waals surface area contributed by atoms with Gasteiger partial charge in [0, 0.05) is 38.8 Å². The summed E-state index contributed by atoms with van der Waals surface area (Å²) in [5, 5.41) is 20.2. The van der Waals surface area contributed by atoms with Crippen LogP contribution in [0.1, 0.15) is 6.92 Å². The summed E-state index contributed by atoms with van der Waals surface area (Å²) in [4.78, 5) is 25.9. The molecule has 1 aromatic heterocycles. The van der Waals surface area contributed by atoms with E-state index in [0.717, 1.165) is 0 Å². The van der Waals surface area contributed by atoms with Gasteiger partial charge in [-0.3, -0.25) is 9.36 Å². The lowest BCUT2D eigenvalue weighted by molar-refractivity contribution is -0.114. The molecule has 0 aliphatic carbocycles. The number of aliphatic hydroxyl groups excluding tert-OH is 2. The predicted octanol–water partition coefficient (Wildman–Crippen LogP) is -1.20. The number of hydrogen-bond donors (Lipinski definition) is 3. The van der Waals surface area contributed by atoms with E-state index < -0.39 is 11.6 Å². The number of aromatic nitrogens is 2. The first-order valence-corrected chi connectivity index (χ1v) is 5.13. The Bertz CT molecular complexity index is 439. The van der Waals surface area contributed by atoms with Crippen LogP contribution >= 0.6 is 0 Å². The lowest BCUT2D eigenvalue weighted by Crippen LogP contribution is -2.29. The number of carbonyl (C=O) groups excluding carboxylic acids is 1. The second-order valence-corrected chi connectivity index (χ2v) is 3.66. The Kier molecular flexibility index (Phi) is 4.80. The summed E-state index contributed by atoms with van der Waals surface area (Å²) in [6.45, 7) is 1.08. The van der Waals surface area contributed by atoms with Gasteiger partial charge in [0.1, 0.15) is 5.82 Å². The third kappa shape index (κ3) is 3.97. The fourth-order valence-corrected chi connectivity index (χ4v) is 1.27.